The highest BCUT2D eigenvalue weighted by Crippen LogP contribution is 2.23. The molecule has 0 aromatic heterocycles. The third kappa shape index (κ3) is 2.05. The van der Waals surface area contributed by atoms with E-state index in [9.17, 15) is 4.79 Å². The Bertz CT molecular complexity index is 450. The number of carbonyl (C=O) groups is 1. The maximum atomic E-state index is 11.3. The zero-order chi connectivity index (χ0) is 11.5. The topological polar surface area (TPSA) is 78.9 Å². The van der Waals surface area contributed by atoms with Crippen molar-refractivity contribution in [3.63, 3.8) is 0 Å². The molecule has 0 radical (unpaired) electrons. The molecule has 4 nitrogen and oxygen atoms in total. The van der Waals surface area contributed by atoms with Crippen LogP contribution < -0.4 is 11.1 Å². The molecule has 0 saturated carbocycles. The third-order valence-electron chi connectivity index (χ3n) is 2.82. The van der Waals surface area contributed by atoms with Gasteiger partial charge in [-0.3, -0.25) is 4.79 Å². The van der Waals surface area contributed by atoms with E-state index in [2.05, 4.69) is 11.4 Å². The fraction of sp³-hybridized carbons (Fsp3) is 0.333. The number of piperidine rings is 1. The van der Waals surface area contributed by atoms with Gasteiger partial charge in [-0.1, -0.05) is 12.1 Å². The van der Waals surface area contributed by atoms with E-state index >= 15 is 0 Å². The first-order chi connectivity index (χ1) is 7.70. The van der Waals surface area contributed by atoms with Crippen molar-refractivity contribution in [2.45, 2.75) is 24.9 Å². The molecule has 16 heavy (non-hydrogen) atoms. The van der Waals surface area contributed by atoms with E-state index in [1.807, 2.05) is 6.07 Å². The van der Waals surface area contributed by atoms with E-state index in [-0.39, 0.29) is 18.0 Å². The standard InChI is InChI=1S/C12H13N3O/c13-7-8-2-1-3-9(6-8)12-10(14)4-5-11(16)15-12/h1-3,6,10,12H,4-5,14H2,(H,15,16). The van der Waals surface area contributed by atoms with Crippen LogP contribution in [0.2, 0.25) is 0 Å². The van der Waals surface area contributed by atoms with Crippen molar-refractivity contribution in [3.05, 3.63) is 35.4 Å². The van der Waals surface area contributed by atoms with E-state index in [4.69, 9.17) is 11.0 Å². The predicted octanol–water partition coefficient (Wildman–Crippen LogP) is 0.837. The van der Waals surface area contributed by atoms with E-state index in [0.717, 1.165) is 5.56 Å². The number of nitriles is 1. The minimum absolute atomic E-state index is 0.0223. The molecule has 0 aliphatic carbocycles. The van der Waals surface area contributed by atoms with Crippen LogP contribution in [0.1, 0.15) is 30.0 Å². The van der Waals surface area contributed by atoms with E-state index in [0.29, 0.717) is 18.4 Å². The lowest BCUT2D eigenvalue weighted by Crippen LogP contribution is -2.45. The first-order valence-corrected chi connectivity index (χ1v) is 5.25. The Hall–Kier alpha value is -1.86. The van der Waals surface area contributed by atoms with Gasteiger partial charge in [0.1, 0.15) is 0 Å². The van der Waals surface area contributed by atoms with Crippen molar-refractivity contribution >= 4 is 5.91 Å². The highest BCUT2D eigenvalue weighted by Gasteiger charge is 2.26. The Labute approximate surface area is 94.1 Å². The highest BCUT2D eigenvalue weighted by atomic mass is 16.1. The molecule has 1 aromatic rings. The Morgan fingerprint density at radius 1 is 1.50 bits per heavy atom. The van der Waals surface area contributed by atoms with Crippen molar-refractivity contribution in [3.8, 4) is 6.07 Å². The Morgan fingerprint density at radius 2 is 2.31 bits per heavy atom. The molecule has 2 rings (SSSR count). The average Bonchev–Trinajstić information content (AvgIpc) is 2.32. The van der Waals surface area contributed by atoms with Gasteiger partial charge in [0.25, 0.3) is 0 Å². The summed E-state index contributed by atoms with van der Waals surface area (Å²) in [5.74, 6) is 0.0223. The number of nitrogens with zero attached hydrogens (tertiary/aromatic N) is 1. The van der Waals surface area contributed by atoms with E-state index < -0.39 is 0 Å². The molecular formula is C12H13N3O. The SMILES string of the molecule is N#Cc1cccc(C2NC(=O)CCC2N)c1. The molecule has 0 spiro atoms. The lowest BCUT2D eigenvalue weighted by atomic mass is 9.92. The van der Waals surface area contributed by atoms with Crippen LogP contribution in [0.3, 0.4) is 0 Å². The zero-order valence-electron chi connectivity index (χ0n) is 8.81. The van der Waals surface area contributed by atoms with Gasteiger partial charge in [-0.15, -0.1) is 0 Å². The molecule has 1 heterocycles. The summed E-state index contributed by atoms with van der Waals surface area (Å²) in [6.45, 7) is 0. The van der Waals surface area contributed by atoms with Gasteiger partial charge >= 0.3 is 0 Å². The van der Waals surface area contributed by atoms with Gasteiger partial charge in [-0.25, -0.2) is 0 Å². The largest absolute Gasteiger partial charge is 0.348 e. The molecule has 2 unspecified atom stereocenters. The summed E-state index contributed by atoms with van der Waals surface area (Å²) in [7, 11) is 0. The van der Waals surface area contributed by atoms with Gasteiger partial charge in [0.2, 0.25) is 5.91 Å². The molecule has 1 aromatic carbocycles. The zero-order valence-corrected chi connectivity index (χ0v) is 8.81. The number of benzene rings is 1. The summed E-state index contributed by atoms with van der Waals surface area (Å²) >= 11 is 0. The number of nitrogens with two attached hydrogens (primary N) is 1. The number of amides is 1. The maximum Gasteiger partial charge on any atom is 0.220 e. The smallest absolute Gasteiger partial charge is 0.220 e. The van der Waals surface area contributed by atoms with Crippen molar-refractivity contribution in [1.29, 1.82) is 5.26 Å². The van der Waals surface area contributed by atoms with Crippen LogP contribution in [0.4, 0.5) is 0 Å². The monoisotopic (exact) mass is 215 g/mol. The second kappa shape index (κ2) is 4.33. The summed E-state index contributed by atoms with van der Waals surface area (Å²) in [5.41, 5.74) is 7.46. The van der Waals surface area contributed by atoms with E-state index in [1.54, 1.807) is 18.2 Å². The second-order valence-corrected chi connectivity index (χ2v) is 3.98. The first-order valence-electron chi connectivity index (χ1n) is 5.25. The minimum atomic E-state index is -0.172. The summed E-state index contributed by atoms with van der Waals surface area (Å²) < 4.78 is 0. The molecule has 1 saturated heterocycles. The Balaban J connectivity index is 2.28. The number of nitrogens with one attached hydrogen (secondary N) is 1. The first kappa shape index (κ1) is 10.7. The quantitative estimate of drug-likeness (QED) is 0.728. The molecule has 1 amide bonds. The molecule has 1 aliphatic rings. The van der Waals surface area contributed by atoms with Crippen molar-refractivity contribution in [1.82, 2.24) is 5.32 Å². The summed E-state index contributed by atoms with van der Waals surface area (Å²) in [6, 6.07) is 9.03. The molecule has 3 N–H and O–H groups in total. The van der Waals surface area contributed by atoms with Crippen molar-refractivity contribution < 1.29 is 4.79 Å². The van der Waals surface area contributed by atoms with Crippen molar-refractivity contribution in [2.75, 3.05) is 0 Å². The molecule has 82 valence electrons. The van der Waals surface area contributed by atoms with Gasteiger partial charge < -0.3 is 11.1 Å². The maximum absolute atomic E-state index is 11.3. The summed E-state index contributed by atoms with van der Waals surface area (Å²) in [4.78, 5) is 11.3. The molecule has 4 heteroatoms. The normalized spacial score (nSPS) is 24.6. The van der Waals surface area contributed by atoms with E-state index in [1.165, 1.54) is 0 Å². The van der Waals surface area contributed by atoms with Crippen LogP contribution in [0.5, 0.6) is 0 Å². The van der Waals surface area contributed by atoms with Crippen LogP contribution in [-0.2, 0) is 4.79 Å². The predicted molar refractivity (Wildman–Crippen MR) is 59.3 cm³/mol. The fourth-order valence-corrected chi connectivity index (χ4v) is 1.95. The highest BCUT2D eigenvalue weighted by molar-refractivity contribution is 5.77. The van der Waals surface area contributed by atoms with Crippen LogP contribution in [0, 0.1) is 11.3 Å². The Kier molecular flexibility index (Phi) is 2.88. The van der Waals surface area contributed by atoms with Crippen LogP contribution in [0.25, 0.3) is 0 Å². The lowest BCUT2D eigenvalue weighted by Gasteiger charge is -2.29. The van der Waals surface area contributed by atoms with Gasteiger partial charge in [0.15, 0.2) is 0 Å². The fourth-order valence-electron chi connectivity index (χ4n) is 1.95. The van der Waals surface area contributed by atoms with Gasteiger partial charge in [0.05, 0.1) is 17.7 Å². The molecule has 2 atom stereocenters. The third-order valence-corrected chi connectivity index (χ3v) is 2.82. The number of rotatable bonds is 1. The van der Waals surface area contributed by atoms with Crippen LogP contribution >= 0.6 is 0 Å². The lowest BCUT2D eigenvalue weighted by molar-refractivity contribution is -0.123. The number of hydrogen-bond acceptors (Lipinski definition) is 3. The summed E-state index contributed by atoms with van der Waals surface area (Å²) in [5, 5.41) is 11.7. The van der Waals surface area contributed by atoms with Crippen LogP contribution in [0.15, 0.2) is 24.3 Å². The van der Waals surface area contributed by atoms with Crippen LogP contribution in [-0.4, -0.2) is 11.9 Å². The Morgan fingerprint density at radius 3 is 3.06 bits per heavy atom. The minimum Gasteiger partial charge on any atom is -0.348 e. The number of carbonyl (C=O) groups excluding carboxylic acids is 1. The van der Waals surface area contributed by atoms with Gasteiger partial charge in [-0.2, -0.15) is 5.26 Å². The second-order valence-electron chi connectivity index (χ2n) is 3.98. The van der Waals surface area contributed by atoms with Crippen molar-refractivity contribution in [2.24, 2.45) is 5.73 Å². The molecule has 1 aliphatic heterocycles. The number of hydrogen-bond donors (Lipinski definition) is 2. The molecule has 0 bridgehead atoms. The molecular weight excluding hydrogens is 202 g/mol. The average molecular weight is 215 g/mol. The van der Waals surface area contributed by atoms with Gasteiger partial charge in [-0.05, 0) is 24.1 Å². The summed E-state index contributed by atoms with van der Waals surface area (Å²) in [6.07, 6.45) is 1.17. The molecule has 1 fully saturated rings. The van der Waals surface area contributed by atoms with Gasteiger partial charge in [0, 0.05) is 12.5 Å².